The average Bonchev–Trinajstić information content (AvgIpc) is 3.38. The predicted molar refractivity (Wildman–Crippen MR) is 284 cm³/mol. The van der Waals surface area contributed by atoms with Gasteiger partial charge < -0.3 is 34.9 Å². The first-order chi connectivity index (χ1) is 35.2. The maximum absolute atomic E-state index is 13.4. The van der Waals surface area contributed by atoms with Gasteiger partial charge in [-0.2, -0.15) is 13.5 Å². The number of ether oxygens (including phenoxy) is 2. The van der Waals surface area contributed by atoms with E-state index in [0.29, 0.717) is 68.4 Å². The maximum atomic E-state index is 13.4. The van der Waals surface area contributed by atoms with Crippen molar-refractivity contribution >= 4 is 149 Å². The van der Waals surface area contributed by atoms with Gasteiger partial charge in [0.05, 0.1) is 30.4 Å². The molecule has 2 amide bonds. The third-order valence-corrected chi connectivity index (χ3v) is 13.7. The fraction of sp³-hybridized carbons (Fsp3) is 0.115. The number of phenols is 1. The molecule has 0 radical (unpaired) electrons. The Hall–Kier alpha value is -6.72. The molecule has 75 heavy (non-hydrogen) atoms. The van der Waals surface area contributed by atoms with E-state index in [1.807, 2.05) is 6.92 Å². The monoisotopic (exact) mass is 1120 g/mol. The summed E-state index contributed by atoms with van der Waals surface area (Å²) >= 11 is 12.2. The minimum absolute atomic E-state index is 0. The number of carbonyl (C=O) groups is 2. The number of benzene rings is 8. The summed E-state index contributed by atoms with van der Waals surface area (Å²) in [5.74, 6) is -1.21. The van der Waals surface area contributed by atoms with Crippen LogP contribution >= 0.6 is 23.2 Å². The summed E-state index contributed by atoms with van der Waals surface area (Å²) < 4.78 is 79.2. The molecule has 0 heterocycles. The molecule has 0 fully saturated rings. The van der Waals surface area contributed by atoms with Gasteiger partial charge in [-0.15, -0.1) is 15.3 Å². The largest absolute Gasteiger partial charge is 2.00 e. The number of rotatable bonds is 14. The Labute approximate surface area is 470 Å². The van der Waals surface area contributed by atoms with Crippen LogP contribution in [0.15, 0.2) is 164 Å². The van der Waals surface area contributed by atoms with Gasteiger partial charge in [0.2, 0.25) is 0 Å². The van der Waals surface area contributed by atoms with E-state index in [0.717, 1.165) is 12.1 Å². The van der Waals surface area contributed by atoms with Crippen molar-refractivity contribution in [2.75, 3.05) is 24.9 Å². The van der Waals surface area contributed by atoms with Crippen molar-refractivity contribution in [1.29, 1.82) is 0 Å². The number of methoxy groups -OCH3 is 2. The van der Waals surface area contributed by atoms with Crippen LogP contribution in [0.25, 0.3) is 21.5 Å². The van der Waals surface area contributed by atoms with Gasteiger partial charge in [0, 0.05) is 37.8 Å². The molecule has 0 atom stereocenters. The quantitative estimate of drug-likeness (QED) is 0.0449. The Morgan fingerprint density at radius 2 is 1.01 bits per heavy atom. The molecule has 0 aromatic heterocycles. The number of hydrogen-bond donors (Lipinski definition) is 4. The van der Waals surface area contributed by atoms with Crippen LogP contribution in [0.1, 0.15) is 45.7 Å². The Morgan fingerprint density at radius 1 is 0.600 bits per heavy atom. The van der Waals surface area contributed by atoms with Gasteiger partial charge in [0.15, 0.2) is 5.75 Å². The smallest absolute Gasteiger partial charge is 0.870 e. The second kappa shape index (κ2) is 24.7. The van der Waals surface area contributed by atoms with Gasteiger partial charge in [-0.1, -0.05) is 91.3 Å². The molecule has 0 saturated carbocycles. The number of aryl methyl sites for hydroxylation is 2. The minimum atomic E-state index is -4.94. The molecule has 0 bridgehead atoms. The zero-order valence-corrected chi connectivity index (χ0v) is 45.5. The number of aromatic hydroxyl groups is 1. The number of nitrogens with one attached hydrogen (secondary N) is 2. The summed E-state index contributed by atoms with van der Waals surface area (Å²) in [6, 6.07) is 34.7. The standard InChI is InChI=1S/2C26H22ClN3O6S.Ca/c2*1-3-15-13-22(23(14-21(15)27)37(33,34)35)29-30-24-19-7-5-4-6-16(19)12-20(25(24)31)26(32)28-17-8-10-18(36-2)11-9-17;/h2*4-14,31H,3H2,1-2H3,(H,28,32)(H,33,34,35);/q;;+2/p-2. The van der Waals surface area contributed by atoms with Gasteiger partial charge in [-0.25, -0.2) is 8.42 Å². The first-order valence-electron chi connectivity index (χ1n) is 22.0. The van der Waals surface area contributed by atoms with Crippen LogP contribution in [0.3, 0.4) is 0 Å². The van der Waals surface area contributed by atoms with Crippen LogP contribution < -0.4 is 25.2 Å². The van der Waals surface area contributed by atoms with E-state index in [4.69, 9.17) is 32.7 Å². The number of anilines is 2. The third-order valence-electron chi connectivity index (χ3n) is 11.2. The number of nitrogens with zero attached hydrogens (tertiary/aromatic N) is 4. The van der Waals surface area contributed by atoms with Crippen molar-refractivity contribution in [1.82, 2.24) is 0 Å². The summed E-state index contributed by atoms with van der Waals surface area (Å²) in [5.41, 5.74) is 1.15. The molecular weight excluding hydrogens is 1080 g/mol. The molecule has 18 nitrogen and oxygen atoms in total. The van der Waals surface area contributed by atoms with Gasteiger partial charge in [-0.3, -0.25) is 14.1 Å². The SMILES string of the molecule is CCc1cc(N=Nc2c(O)c(C(=O)Nc3ccc(OC)cc3)cc3ccccc23)c(S(=O)(=O)O)cc1Cl.CCc1cc(N=Nc2c([O-])c(C(=O)Nc3ccc(OC)cc3)cc3ccccc23)c(S(=O)(=O)[O-])cc1Cl.[Ca+2]. The Kier molecular flexibility index (Phi) is 19.0. The second-order valence-electron chi connectivity index (χ2n) is 15.9. The Balaban J connectivity index is 0.000000241. The molecular formula is C52H42CaCl2N6O12S2. The molecule has 0 saturated heterocycles. The van der Waals surface area contributed by atoms with Crippen molar-refractivity contribution in [3.8, 4) is 23.0 Å². The number of halogens is 2. The van der Waals surface area contributed by atoms with Crippen LogP contribution in [0, 0.1) is 0 Å². The zero-order chi connectivity index (χ0) is 53.5. The number of phenolic OH excluding ortho intramolecular Hbond substituents is 1. The van der Waals surface area contributed by atoms with E-state index in [2.05, 4.69) is 31.1 Å². The van der Waals surface area contributed by atoms with Crippen LogP contribution in [-0.2, 0) is 33.1 Å². The zero-order valence-electron chi connectivity index (χ0n) is 40.2. The fourth-order valence-corrected chi connectivity index (χ4v) is 9.37. The summed E-state index contributed by atoms with van der Waals surface area (Å²) in [7, 11) is -6.56. The van der Waals surface area contributed by atoms with Crippen molar-refractivity contribution in [3.05, 3.63) is 166 Å². The van der Waals surface area contributed by atoms with Crippen molar-refractivity contribution in [2.45, 2.75) is 36.5 Å². The first-order valence-corrected chi connectivity index (χ1v) is 25.6. The number of azo groups is 2. The number of carbonyl (C=O) groups excluding carboxylic acids is 2. The van der Waals surface area contributed by atoms with Crippen LogP contribution in [0.4, 0.5) is 34.1 Å². The van der Waals surface area contributed by atoms with E-state index < -0.39 is 53.3 Å². The van der Waals surface area contributed by atoms with Gasteiger partial charge >= 0.3 is 37.7 Å². The number of hydrogen-bond acceptors (Lipinski definition) is 15. The number of fused-ring (bicyclic) bond motifs is 2. The summed E-state index contributed by atoms with van der Waals surface area (Å²) in [4.78, 5) is 24.9. The number of amides is 2. The Bertz CT molecular complexity index is 3530. The third kappa shape index (κ3) is 13.6. The van der Waals surface area contributed by atoms with Crippen LogP contribution in [-0.4, -0.2) is 94.8 Å². The molecule has 23 heteroatoms. The molecule has 4 N–H and O–H groups in total. The summed E-state index contributed by atoms with van der Waals surface area (Å²) in [6.45, 7) is 3.61. The van der Waals surface area contributed by atoms with Crippen molar-refractivity contribution in [2.24, 2.45) is 20.5 Å². The van der Waals surface area contributed by atoms with Gasteiger partial charge in [0.25, 0.3) is 21.9 Å². The topological polar surface area (TPSA) is 281 Å². The molecule has 0 unspecified atom stereocenters. The van der Waals surface area contributed by atoms with Crippen molar-refractivity contribution < 1.29 is 55.2 Å². The van der Waals surface area contributed by atoms with E-state index in [9.17, 15) is 45.7 Å². The van der Waals surface area contributed by atoms with E-state index in [1.165, 1.54) is 38.5 Å². The Morgan fingerprint density at radius 3 is 1.47 bits per heavy atom. The first kappa shape index (κ1) is 57.6. The average molecular weight is 1120 g/mol. The van der Waals surface area contributed by atoms with Gasteiger partial charge in [-0.05, 0) is 120 Å². The summed E-state index contributed by atoms with van der Waals surface area (Å²) in [5, 5.41) is 48.2. The molecule has 0 spiro atoms. The van der Waals surface area contributed by atoms with Crippen molar-refractivity contribution in [3.63, 3.8) is 0 Å². The molecule has 8 aromatic rings. The summed E-state index contributed by atoms with van der Waals surface area (Å²) in [6.07, 6.45) is 0.916. The van der Waals surface area contributed by atoms with Crippen LogP contribution in [0.5, 0.6) is 23.0 Å². The molecule has 0 aliphatic carbocycles. The fourth-order valence-electron chi connectivity index (χ4n) is 7.40. The van der Waals surface area contributed by atoms with E-state index >= 15 is 0 Å². The van der Waals surface area contributed by atoms with E-state index in [1.54, 1.807) is 104 Å². The molecule has 8 aromatic carbocycles. The van der Waals surface area contributed by atoms with Crippen LogP contribution in [0.2, 0.25) is 10.0 Å². The minimum Gasteiger partial charge on any atom is -0.870 e. The predicted octanol–water partition coefficient (Wildman–Crippen LogP) is 12.0. The normalized spacial score (nSPS) is 11.5. The molecule has 380 valence electrons. The van der Waals surface area contributed by atoms with Gasteiger partial charge in [0.1, 0.15) is 43.6 Å². The molecule has 0 aliphatic heterocycles. The van der Waals surface area contributed by atoms with E-state index in [-0.39, 0.29) is 81.7 Å². The maximum Gasteiger partial charge on any atom is 2.00 e. The second-order valence-corrected chi connectivity index (χ2v) is 19.4. The molecule has 8 rings (SSSR count). The molecule has 0 aliphatic rings.